The molecule has 94 valence electrons. The van der Waals surface area contributed by atoms with Gasteiger partial charge in [-0.2, -0.15) is 0 Å². The molecule has 0 heterocycles. The maximum Gasteiger partial charge on any atom is 0.303 e. The summed E-state index contributed by atoms with van der Waals surface area (Å²) in [5.74, 6) is -0.736. The predicted molar refractivity (Wildman–Crippen MR) is 70.5 cm³/mol. The Kier molecular flexibility index (Phi) is 4.16. The Morgan fingerprint density at radius 3 is 2.18 bits per heavy atom. The van der Waals surface area contributed by atoms with Crippen LogP contribution < -0.4 is 4.90 Å². The number of carboxylic acids is 1. The van der Waals surface area contributed by atoms with E-state index in [1.165, 1.54) is 5.56 Å². The number of hydrogen-bond acceptors (Lipinski definition) is 2. The predicted octanol–water partition coefficient (Wildman–Crippen LogP) is 2.80. The van der Waals surface area contributed by atoms with E-state index >= 15 is 0 Å². The van der Waals surface area contributed by atoms with Crippen LogP contribution in [0.15, 0.2) is 24.3 Å². The van der Waals surface area contributed by atoms with Crippen molar-refractivity contribution in [3.63, 3.8) is 0 Å². The molecule has 3 heteroatoms. The van der Waals surface area contributed by atoms with E-state index in [1.54, 1.807) is 0 Å². The number of carbonyl (C=O) groups is 1. The Morgan fingerprint density at radius 1 is 1.24 bits per heavy atom. The first kappa shape index (κ1) is 13.6. The second-order valence-electron chi connectivity index (χ2n) is 5.47. The van der Waals surface area contributed by atoms with E-state index in [2.05, 4.69) is 24.3 Å². The van der Waals surface area contributed by atoms with E-state index < -0.39 is 5.97 Å². The third-order valence-corrected chi connectivity index (χ3v) is 2.77. The number of carboxylic acid groups (broad SMARTS) is 1. The van der Waals surface area contributed by atoms with Crippen molar-refractivity contribution < 1.29 is 9.90 Å². The van der Waals surface area contributed by atoms with Gasteiger partial charge >= 0.3 is 5.97 Å². The lowest BCUT2D eigenvalue weighted by Gasteiger charge is -2.22. The fourth-order valence-electron chi connectivity index (χ4n) is 1.94. The number of benzene rings is 1. The van der Waals surface area contributed by atoms with Crippen LogP contribution in [0.3, 0.4) is 0 Å². The minimum absolute atomic E-state index is 0.197. The average molecular weight is 235 g/mol. The lowest BCUT2D eigenvalue weighted by Crippen LogP contribution is -2.19. The SMILES string of the molecule is CN(C)c1ccc(CC(C)(C)CC(=O)O)cc1. The van der Waals surface area contributed by atoms with Gasteiger partial charge < -0.3 is 10.0 Å². The molecule has 0 bridgehead atoms. The summed E-state index contributed by atoms with van der Waals surface area (Å²) in [6, 6.07) is 8.26. The number of hydrogen-bond donors (Lipinski definition) is 1. The van der Waals surface area contributed by atoms with Crippen molar-refractivity contribution in [1.82, 2.24) is 0 Å². The molecule has 1 rings (SSSR count). The third kappa shape index (κ3) is 4.47. The van der Waals surface area contributed by atoms with Gasteiger partial charge in [-0.15, -0.1) is 0 Å². The van der Waals surface area contributed by atoms with Gasteiger partial charge in [0.05, 0.1) is 6.42 Å². The van der Waals surface area contributed by atoms with E-state index in [4.69, 9.17) is 5.11 Å². The standard InChI is InChI=1S/C14H21NO2/c1-14(2,10-13(16)17)9-11-5-7-12(8-6-11)15(3)4/h5-8H,9-10H2,1-4H3,(H,16,17). The zero-order valence-corrected chi connectivity index (χ0v) is 11.0. The van der Waals surface area contributed by atoms with Gasteiger partial charge in [0.2, 0.25) is 0 Å². The lowest BCUT2D eigenvalue weighted by molar-refractivity contribution is -0.139. The summed E-state index contributed by atoms with van der Waals surface area (Å²) in [7, 11) is 4.01. The summed E-state index contributed by atoms with van der Waals surface area (Å²) in [5.41, 5.74) is 2.14. The topological polar surface area (TPSA) is 40.5 Å². The van der Waals surface area contributed by atoms with E-state index in [0.717, 1.165) is 12.1 Å². The fraction of sp³-hybridized carbons (Fsp3) is 0.500. The quantitative estimate of drug-likeness (QED) is 0.853. The molecule has 1 aromatic carbocycles. The Bertz CT molecular complexity index is 380. The van der Waals surface area contributed by atoms with Crippen LogP contribution in [0.1, 0.15) is 25.8 Å². The second-order valence-corrected chi connectivity index (χ2v) is 5.47. The van der Waals surface area contributed by atoms with Crippen LogP contribution in [0, 0.1) is 5.41 Å². The van der Waals surface area contributed by atoms with Gasteiger partial charge in [-0.1, -0.05) is 26.0 Å². The van der Waals surface area contributed by atoms with Crippen molar-refractivity contribution in [2.24, 2.45) is 5.41 Å². The first-order valence-electron chi connectivity index (χ1n) is 5.78. The Labute approximate surface area is 103 Å². The minimum Gasteiger partial charge on any atom is -0.481 e. The highest BCUT2D eigenvalue weighted by molar-refractivity contribution is 5.67. The third-order valence-electron chi connectivity index (χ3n) is 2.77. The molecule has 0 saturated heterocycles. The minimum atomic E-state index is -0.736. The van der Waals surface area contributed by atoms with Gasteiger partial charge in [0.15, 0.2) is 0 Å². The summed E-state index contributed by atoms with van der Waals surface area (Å²) in [6.07, 6.45) is 0.982. The molecule has 3 nitrogen and oxygen atoms in total. The Morgan fingerprint density at radius 2 is 1.76 bits per heavy atom. The van der Waals surface area contributed by atoms with Crippen LogP contribution >= 0.6 is 0 Å². The smallest absolute Gasteiger partial charge is 0.303 e. The molecule has 0 radical (unpaired) electrons. The Balaban J connectivity index is 2.71. The van der Waals surface area contributed by atoms with E-state index in [1.807, 2.05) is 32.8 Å². The van der Waals surface area contributed by atoms with Crippen LogP contribution in [0.25, 0.3) is 0 Å². The van der Waals surface area contributed by atoms with Gasteiger partial charge in [-0.3, -0.25) is 4.79 Å². The molecule has 0 atom stereocenters. The molecule has 0 aliphatic rings. The molecular weight excluding hydrogens is 214 g/mol. The zero-order valence-electron chi connectivity index (χ0n) is 11.0. The summed E-state index contributed by atoms with van der Waals surface area (Å²) < 4.78 is 0. The first-order valence-corrected chi connectivity index (χ1v) is 5.78. The van der Waals surface area contributed by atoms with Gasteiger partial charge in [0.1, 0.15) is 0 Å². The summed E-state index contributed by atoms with van der Waals surface area (Å²) in [6.45, 7) is 3.97. The maximum absolute atomic E-state index is 10.7. The molecule has 0 aromatic heterocycles. The van der Waals surface area contributed by atoms with E-state index in [0.29, 0.717) is 0 Å². The largest absolute Gasteiger partial charge is 0.481 e. The van der Waals surface area contributed by atoms with Crippen molar-refractivity contribution in [3.8, 4) is 0 Å². The number of nitrogens with zero attached hydrogens (tertiary/aromatic N) is 1. The number of anilines is 1. The summed E-state index contributed by atoms with van der Waals surface area (Å²) in [5, 5.41) is 8.84. The highest BCUT2D eigenvalue weighted by Gasteiger charge is 2.22. The fourth-order valence-corrected chi connectivity index (χ4v) is 1.94. The van der Waals surface area contributed by atoms with Crippen molar-refractivity contribution in [2.45, 2.75) is 26.7 Å². The highest BCUT2D eigenvalue weighted by Crippen LogP contribution is 2.26. The van der Waals surface area contributed by atoms with Crippen molar-refractivity contribution in [2.75, 3.05) is 19.0 Å². The molecular formula is C14H21NO2. The molecule has 0 amide bonds. The van der Waals surface area contributed by atoms with Gasteiger partial charge in [-0.25, -0.2) is 0 Å². The average Bonchev–Trinajstić information content (AvgIpc) is 2.15. The monoisotopic (exact) mass is 235 g/mol. The molecule has 1 aromatic rings. The highest BCUT2D eigenvalue weighted by atomic mass is 16.4. The maximum atomic E-state index is 10.7. The lowest BCUT2D eigenvalue weighted by atomic mass is 9.83. The van der Waals surface area contributed by atoms with Gasteiger partial charge in [-0.05, 0) is 29.5 Å². The molecule has 17 heavy (non-hydrogen) atoms. The molecule has 1 N–H and O–H groups in total. The second kappa shape index (κ2) is 5.21. The number of rotatable bonds is 5. The van der Waals surface area contributed by atoms with Crippen molar-refractivity contribution in [1.29, 1.82) is 0 Å². The van der Waals surface area contributed by atoms with Crippen molar-refractivity contribution >= 4 is 11.7 Å². The van der Waals surface area contributed by atoms with Gasteiger partial charge in [0.25, 0.3) is 0 Å². The van der Waals surface area contributed by atoms with Crippen molar-refractivity contribution in [3.05, 3.63) is 29.8 Å². The van der Waals surface area contributed by atoms with Crippen LogP contribution in [0.4, 0.5) is 5.69 Å². The molecule has 0 spiro atoms. The van der Waals surface area contributed by atoms with Gasteiger partial charge in [0, 0.05) is 19.8 Å². The summed E-state index contributed by atoms with van der Waals surface area (Å²) >= 11 is 0. The normalized spacial score (nSPS) is 11.3. The first-order chi connectivity index (χ1) is 7.80. The Hall–Kier alpha value is -1.51. The molecule has 0 aliphatic carbocycles. The van der Waals surface area contributed by atoms with E-state index in [-0.39, 0.29) is 11.8 Å². The van der Waals surface area contributed by atoms with E-state index in [9.17, 15) is 4.79 Å². The van der Waals surface area contributed by atoms with Crippen LogP contribution in [-0.4, -0.2) is 25.2 Å². The molecule has 0 saturated carbocycles. The zero-order chi connectivity index (χ0) is 13.1. The molecule has 0 aliphatic heterocycles. The molecule has 0 unspecified atom stereocenters. The van der Waals surface area contributed by atoms with Crippen LogP contribution in [0.2, 0.25) is 0 Å². The van der Waals surface area contributed by atoms with Crippen LogP contribution in [0.5, 0.6) is 0 Å². The van der Waals surface area contributed by atoms with Crippen LogP contribution in [-0.2, 0) is 11.2 Å². The number of aliphatic carboxylic acids is 1. The summed E-state index contributed by atoms with van der Waals surface area (Å²) in [4.78, 5) is 12.8. The molecule has 0 fully saturated rings.